The third-order valence-corrected chi connectivity index (χ3v) is 9.25. The van der Waals surface area contributed by atoms with Crippen molar-refractivity contribution in [2.45, 2.75) is 0 Å². The molecule has 0 spiro atoms. The Balaban J connectivity index is 1.30. The quantitative estimate of drug-likeness (QED) is 0.199. The number of benzene rings is 7. The Kier molecular flexibility index (Phi) is 5.43. The summed E-state index contributed by atoms with van der Waals surface area (Å²) in [5.41, 5.74) is 9.21. The molecule has 0 aliphatic carbocycles. The lowest BCUT2D eigenvalue weighted by Crippen LogP contribution is -2.10. The summed E-state index contributed by atoms with van der Waals surface area (Å²) in [5.74, 6) is -0.256. The Morgan fingerprint density at radius 2 is 1.11 bits per heavy atom. The Hall–Kier alpha value is -6.33. The Bertz CT molecular complexity index is 2820. The van der Waals surface area contributed by atoms with Crippen molar-refractivity contribution in [1.82, 2.24) is 4.57 Å². The number of aromatic nitrogens is 1. The molecule has 0 bridgehead atoms. The Morgan fingerprint density at radius 3 is 1.96 bits per heavy atom. The Labute approximate surface area is 268 Å². The topological polar surface area (TPSA) is 34.5 Å². The number of hydrogen-bond donors (Lipinski definition) is 0. The van der Waals surface area contributed by atoms with Crippen LogP contribution >= 0.6 is 0 Å². The molecule has 0 aliphatic heterocycles. The molecule has 10 rings (SSSR count). The SMILES string of the molecule is Fc1ccc(-n2c3ccccc3c3cc(N(c4cccc5c4oc4ccccc45)c4cccc5oc6ccccc6c45)ccc32)cc1. The third-order valence-electron chi connectivity index (χ3n) is 9.25. The van der Waals surface area contributed by atoms with Gasteiger partial charge in [-0.05, 0) is 78.9 Å². The van der Waals surface area contributed by atoms with Crippen molar-refractivity contribution >= 4 is 82.7 Å². The van der Waals surface area contributed by atoms with Gasteiger partial charge in [-0.3, -0.25) is 0 Å². The molecule has 3 aromatic heterocycles. The van der Waals surface area contributed by atoms with E-state index in [1.165, 1.54) is 12.1 Å². The van der Waals surface area contributed by atoms with E-state index in [9.17, 15) is 4.39 Å². The first-order chi connectivity index (χ1) is 23.2. The zero-order chi connectivity index (χ0) is 31.1. The van der Waals surface area contributed by atoms with Crippen molar-refractivity contribution in [2.24, 2.45) is 0 Å². The predicted molar refractivity (Wildman–Crippen MR) is 190 cm³/mol. The fourth-order valence-electron chi connectivity index (χ4n) is 7.23. The molecular formula is C42H25FN2O2. The van der Waals surface area contributed by atoms with Crippen LogP contribution in [0.25, 0.3) is 71.4 Å². The molecule has 0 amide bonds. The molecule has 3 heterocycles. The number of halogens is 1. The molecule has 0 saturated carbocycles. The van der Waals surface area contributed by atoms with Crippen LogP contribution < -0.4 is 4.90 Å². The van der Waals surface area contributed by atoms with Gasteiger partial charge in [0.2, 0.25) is 0 Å². The summed E-state index contributed by atoms with van der Waals surface area (Å²) in [6.45, 7) is 0. The molecule has 222 valence electrons. The van der Waals surface area contributed by atoms with Crippen LogP contribution in [0.1, 0.15) is 0 Å². The zero-order valence-corrected chi connectivity index (χ0v) is 25.0. The zero-order valence-electron chi connectivity index (χ0n) is 25.0. The number of anilines is 3. The lowest BCUT2D eigenvalue weighted by molar-refractivity contribution is 0.627. The minimum absolute atomic E-state index is 0.256. The molecule has 7 aromatic carbocycles. The first-order valence-electron chi connectivity index (χ1n) is 15.6. The van der Waals surface area contributed by atoms with Crippen LogP contribution in [0.2, 0.25) is 0 Å². The second kappa shape index (κ2) is 9.83. The van der Waals surface area contributed by atoms with Crippen LogP contribution in [-0.4, -0.2) is 4.57 Å². The number of hydrogen-bond acceptors (Lipinski definition) is 3. The van der Waals surface area contributed by atoms with Gasteiger partial charge in [-0.1, -0.05) is 72.8 Å². The summed E-state index contributed by atoms with van der Waals surface area (Å²) in [6.07, 6.45) is 0. The first-order valence-corrected chi connectivity index (χ1v) is 15.6. The van der Waals surface area contributed by atoms with Crippen LogP contribution in [0.5, 0.6) is 0 Å². The van der Waals surface area contributed by atoms with E-state index in [1.54, 1.807) is 0 Å². The van der Waals surface area contributed by atoms with Crippen LogP contribution in [-0.2, 0) is 0 Å². The lowest BCUT2D eigenvalue weighted by atomic mass is 10.1. The third kappa shape index (κ3) is 3.80. The maximum atomic E-state index is 14.0. The second-order valence-corrected chi connectivity index (χ2v) is 11.9. The van der Waals surface area contributed by atoms with Gasteiger partial charge in [-0.25, -0.2) is 4.39 Å². The van der Waals surface area contributed by atoms with Crippen molar-refractivity contribution in [3.05, 3.63) is 157 Å². The molecular weight excluding hydrogens is 583 g/mol. The lowest BCUT2D eigenvalue weighted by Gasteiger charge is -2.26. The van der Waals surface area contributed by atoms with Gasteiger partial charge in [0.15, 0.2) is 5.58 Å². The number of para-hydroxylation sites is 4. The molecule has 0 radical (unpaired) electrons. The van der Waals surface area contributed by atoms with Crippen LogP contribution in [0.3, 0.4) is 0 Å². The van der Waals surface area contributed by atoms with Crippen molar-refractivity contribution in [1.29, 1.82) is 0 Å². The first kappa shape index (κ1) is 25.9. The largest absolute Gasteiger partial charge is 0.456 e. The van der Waals surface area contributed by atoms with Gasteiger partial charge in [0.25, 0.3) is 0 Å². The smallest absolute Gasteiger partial charge is 0.159 e. The molecule has 0 N–H and O–H groups in total. The summed E-state index contributed by atoms with van der Waals surface area (Å²) in [5, 5.41) is 6.42. The highest BCUT2D eigenvalue weighted by atomic mass is 19.1. The summed E-state index contributed by atoms with van der Waals surface area (Å²) in [7, 11) is 0. The fraction of sp³-hybridized carbons (Fsp3) is 0. The maximum Gasteiger partial charge on any atom is 0.159 e. The summed E-state index contributed by atoms with van der Waals surface area (Å²) < 4.78 is 29.1. The summed E-state index contributed by atoms with van der Waals surface area (Å²) in [6, 6.07) is 50.5. The highest BCUT2D eigenvalue weighted by molar-refractivity contribution is 6.17. The second-order valence-electron chi connectivity index (χ2n) is 11.9. The average molecular weight is 609 g/mol. The van der Waals surface area contributed by atoms with Gasteiger partial charge in [0.05, 0.1) is 27.8 Å². The number of rotatable bonds is 4. The van der Waals surface area contributed by atoms with E-state index in [4.69, 9.17) is 8.83 Å². The van der Waals surface area contributed by atoms with Gasteiger partial charge in [0, 0.05) is 38.3 Å². The van der Waals surface area contributed by atoms with Gasteiger partial charge >= 0.3 is 0 Å². The summed E-state index contributed by atoms with van der Waals surface area (Å²) in [4.78, 5) is 2.29. The van der Waals surface area contributed by atoms with E-state index in [0.29, 0.717) is 0 Å². The van der Waals surface area contributed by atoms with E-state index >= 15 is 0 Å². The van der Waals surface area contributed by atoms with E-state index in [0.717, 1.165) is 88.4 Å². The van der Waals surface area contributed by atoms with Crippen molar-refractivity contribution in [2.75, 3.05) is 4.90 Å². The maximum absolute atomic E-state index is 14.0. The van der Waals surface area contributed by atoms with Gasteiger partial charge in [-0.2, -0.15) is 0 Å². The van der Waals surface area contributed by atoms with E-state index in [-0.39, 0.29) is 5.82 Å². The Morgan fingerprint density at radius 1 is 0.468 bits per heavy atom. The molecule has 4 nitrogen and oxygen atoms in total. The normalized spacial score (nSPS) is 11.9. The van der Waals surface area contributed by atoms with Crippen LogP contribution in [0.4, 0.5) is 21.5 Å². The number of fused-ring (bicyclic) bond motifs is 9. The highest BCUT2D eigenvalue weighted by Gasteiger charge is 2.24. The fourth-order valence-corrected chi connectivity index (χ4v) is 7.23. The van der Waals surface area contributed by atoms with Gasteiger partial charge < -0.3 is 18.3 Å². The van der Waals surface area contributed by atoms with Crippen molar-refractivity contribution in [3.63, 3.8) is 0 Å². The monoisotopic (exact) mass is 608 g/mol. The molecule has 0 atom stereocenters. The number of nitrogens with zero attached hydrogens (tertiary/aromatic N) is 2. The number of furan rings is 2. The molecule has 10 aromatic rings. The van der Waals surface area contributed by atoms with Gasteiger partial charge in [0.1, 0.15) is 22.6 Å². The van der Waals surface area contributed by atoms with Crippen molar-refractivity contribution in [3.8, 4) is 5.69 Å². The average Bonchev–Trinajstić information content (AvgIpc) is 3.79. The predicted octanol–water partition coefficient (Wildman–Crippen LogP) is 12.2. The van der Waals surface area contributed by atoms with Crippen molar-refractivity contribution < 1.29 is 13.2 Å². The minimum Gasteiger partial charge on any atom is -0.456 e. The molecule has 0 saturated heterocycles. The molecule has 0 aliphatic rings. The van der Waals surface area contributed by atoms with Gasteiger partial charge in [-0.15, -0.1) is 0 Å². The molecule has 0 fully saturated rings. The molecule has 0 unspecified atom stereocenters. The van der Waals surface area contributed by atoms with E-state index in [2.05, 4.69) is 88.3 Å². The molecule has 5 heteroatoms. The molecule has 47 heavy (non-hydrogen) atoms. The summed E-state index contributed by atoms with van der Waals surface area (Å²) >= 11 is 0. The van der Waals surface area contributed by atoms with E-state index in [1.807, 2.05) is 60.7 Å². The van der Waals surface area contributed by atoms with Crippen LogP contribution in [0.15, 0.2) is 160 Å². The minimum atomic E-state index is -0.256. The van der Waals surface area contributed by atoms with Crippen LogP contribution in [0, 0.1) is 5.82 Å². The highest BCUT2D eigenvalue weighted by Crippen LogP contribution is 2.47. The standard InChI is InChI=1S/C42H25FN2O2/c43-26-19-21-27(22-20-26)44-34-13-4-1-9-29(34)33-25-28(23-24-35(33)44)45(36-14-8-18-40-41(36)32-11-3-6-17-39(32)46-40)37-15-7-12-31-30-10-2-5-16-38(30)47-42(31)37/h1-25H. The van der Waals surface area contributed by atoms with E-state index < -0.39 is 0 Å².